The number of rotatable bonds is 0. The van der Waals surface area contributed by atoms with Gasteiger partial charge in [0, 0.05) is 24.8 Å². The molecule has 0 aromatic carbocycles. The molecule has 3 N–H and O–H groups in total. The molecule has 0 spiro atoms. The van der Waals surface area contributed by atoms with Gasteiger partial charge in [-0.2, -0.15) is 21.6 Å². The van der Waals surface area contributed by atoms with Crippen LogP contribution in [-0.4, -0.2) is 36.5 Å². The fraction of sp³-hybridized carbons (Fsp3) is 0.286. The van der Waals surface area contributed by atoms with Crippen molar-refractivity contribution in [1.82, 2.24) is 15.0 Å². The fourth-order valence-electron chi connectivity index (χ4n) is 3.39. The minimum absolute atomic E-state index is 0.122. The van der Waals surface area contributed by atoms with E-state index in [0.717, 1.165) is 31.4 Å². The van der Waals surface area contributed by atoms with E-state index in [1.54, 1.807) is 6.07 Å². The number of nitrogens with one attached hydrogen (secondary N) is 3. The summed E-state index contributed by atoms with van der Waals surface area (Å²) >= 11 is 0. The van der Waals surface area contributed by atoms with Gasteiger partial charge in [0.25, 0.3) is 10.0 Å². The van der Waals surface area contributed by atoms with E-state index in [1.165, 1.54) is 30.5 Å². The van der Waals surface area contributed by atoms with Crippen LogP contribution in [-0.2, 0) is 16.2 Å². The van der Waals surface area contributed by atoms with Crippen LogP contribution in [0.5, 0.6) is 0 Å². The number of hydrogen-bond acceptors (Lipinski definition) is 7. The molecule has 0 atom stereocenters. The molecule has 33 heavy (non-hydrogen) atoms. The molecular weight excluding hydrogens is 457 g/mol. The Kier molecular flexibility index (Phi) is 6.36. The number of halogens is 3. The second kappa shape index (κ2) is 9.22. The van der Waals surface area contributed by atoms with E-state index in [1.807, 2.05) is 0 Å². The minimum atomic E-state index is -4.70. The summed E-state index contributed by atoms with van der Waals surface area (Å²) in [6.45, 7) is 1.10. The van der Waals surface area contributed by atoms with Crippen molar-refractivity contribution in [1.29, 1.82) is 0 Å². The lowest BCUT2D eigenvalue weighted by atomic mass is 10.1. The number of aromatic nitrogens is 3. The standard InChI is InChI=1S/C21H21F3N6O2S/c22-21(23,24)15-9-10-17-29-19(15)14-6-5-13-27-20(14)26-12-3-1-2-11-25-16-7-4-8-18(28-16)33(31,32)30-17/h4-10,13H,1-3,11-12H2,(H,25,28)(H,26,27)(H,29,30). The largest absolute Gasteiger partial charge is 0.418 e. The second-order valence-corrected chi connectivity index (χ2v) is 9.00. The van der Waals surface area contributed by atoms with E-state index in [0.29, 0.717) is 18.9 Å². The van der Waals surface area contributed by atoms with Crippen LogP contribution in [0.4, 0.5) is 30.6 Å². The van der Waals surface area contributed by atoms with Crippen LogP contribution in [0.3, 0.4) is 0 Å². The van der Waals surface area contributed by atoms with E-state index in [9.17, 15) is 21.6 Å². The summed E-state index contributed by atoms with van der Waals surface area (Å²) in [6.07, 6.45) is -0.832. The summed E-state index contributed by atoms with van der Waals surface area (Å²) in [5.41, 5.74) is -1.30. The third kappa shape index (κ3) is 5.33. The molecule has 1 aliphatic rings. The first-order chi connectivity index (χ1) is 15.7. The van der Waals surface area contributed by atoms with Gasteiger partial charge in [0.1, 0.15) is 17.5 Å². The van der Waals surface area contributed by atoms with Crippen LogP contribution in [0.15, 0.2) is 53.7 Å². The maximum atomic E-state index is 13.8. The van der Waals surface area contributed by atoms with Gasteiger partial charge < -0.3 is 10.6 Å². The number of nitrogens with zero attached hydrogens (tertiary/aromatic N) is 3. The van der Waals surface area contributed by atoms with Crippen molar-refractivity contribution < 1.29 is 21.6 Å². The third-order valence-electron chi connectivity index (χ3n) is 4.95. The van der Waals surface area contributed by atoms with Gasteiger partial charge in [-0.1, -0.05) is 6.07 Å². The molecule has 12 heteroatoms. The molecule has 4 rings (SSSR count). The van der Waals surface area contributed by atoms with Crippen molar-refractivity contribution in [2.24, 2.45) is 0 Å². The lowest BCUT2D eigenvalue weighted by molar-refractivity contribution is -0.137. The van der Waals surface area contributed by atoms with E-state index < -0.39 is 27.5 Å². The highest BCUT2D eigenvalue weighted by Gasteiger charge is 2.35. The lowest BCUT2D eigenvalue weighted by Gasteiger charge is -2.17. The predicted molar refractivity (Wildman–Crippen MR) is 118 cm³/mol. The van der Waals surface area contributed by atoms with Crippen LogP contribution < -0.4 is 15.4 Å². The summed E-state index contributed by atoms with van der Waals surface area (Å²) in [5, 5.41) is 5.89. The molecule has 0 unspecified atom stereocenters. The van der Waals surface area contributed by atoms with Gasteiger partial charge in [0.15, 0.2) is 5.03 Å². The molecule has 0 radical (unpaired) electrons. The summed E-state index contributed by atoms with van der Waals surface area (Å²) < 4.78 is 69.3. The molecule has 4 heterocycles. The first kappa shape index (κ1) is 22.8. The third-order valence-corrected chi connectivity index (χ3v) is 6.21. The van der Waals surface area contributed by atoms with Gasteiger partial charge in [-0.25, -0.2) is 15.0 Å². The molecule has 0 saturated heterocycles. The molecule has 4 bridgehead atoms. The first-order valence-electron chi connectivity index (χ1n) is 10.3. The number of pyridine rings is 3. The molecular formula is C21H21F3N6O2S. The SMILES string of the molecule is O=S1(=O)Nc2ccc(C(F)(F)F)c(n2)-c2cccnc2NCCCCCNc2cccc1n2. The molecule has 0 saturated carbocycles. The molecule has 0 fully saturated rings. The number of anilines is 3. The van der Waals surface area contributed by atoms with Crippen LogP contribution >= 0.6 is 0 Å². The van der Waals surface area contributed by atoms with Crippen molar-refractivity contribution in [2.75, 3.05) is 28.4 Å². The van der Waals surface area contributed by atoms with E-state index >= 15 is 0 Å². The summed E-state index contributed by atoms with van der Waals surface area (Å²) in [4.78, 5) is 12.3. The Balaban J connectivity index is 1.84. The van der Waals surface area contributed by atoms with Crippen molar-refractivity contribution in [3.8, 4) is 11.3 Å². The quantitative estimate of drug-likeness (QED) is 0.440. The molecule has 8 nitrogen and oxygen atoms in total. The zero-order valence-electron chi connectivity index (χ0n) is 17.4. The number of fused-ring (bicyclic) bond motifs is 6. The second-order valence-electron chi connectivity index (χ2n) is 7.37. The Morgan fingerprint density at radius 3 is 2.42 bits per heavy atom. The average Bonchev–Trinajstić information content (AvgIpc) is 2.77. The van der Waals surface area contributed by atoms with Gasteiger partial charge in [-0.05, 0) is 55.7 Å². The van der Waals surface area contributed by atoms with Gasteiger partial charge >= 0.3 is 6.18 Å². The first-order valence-corrected chi connectivity index (χ1v) is 11.7. The van der Waals surface area contributed by atoms with E-state index in [-0.39, 0.29) is 22.2 Å². The van der Waals surface area contributed by atoms with Gasteiger partial charge in [0.05, 0.1) is 11.3 Å². The predicted octanol–water partition coefficient (Wildman–Crippen LogP) is 4.37. The average molecular weight is 479 g/mol. The van der Waals surface area contributed by atoms with Crippen molar-refractivity contribution in [2.45, 2.75) is 30.5 Å². The highest BCUT2D eigenvalue weighted by Crippen LogP contribution is 2.39. The fourth-order valence-corrected chi connectivity index (χ4v) is 4.36. The van der Waals surface area contributed by atoms with Crippen molar-refractivity contribution >= 4 is 27.5 Å². The molecule has 3 aromatic heterocycles. The highest BCUT2D eigenvalue weighted by molar-refractivity contribution is 7.92. The van der Waals surface area contributed by atoms with E-state index in [4.69, 9.17) is 0 Å². The molecule has 174 valence electrons. The Hall–Kier alpha value is -3.41. The zero-order chi connectivity index (χ0) is 23.5. The lowest BCUT2D eigenvalue weighted by Crippen LogP contribution is -2.17. The summed E-state index contributed by atoms with van der Waals surface area (Å²) in [7, 11) is -4.19. The van der Waals surface area contributed by atoms with Crippen LogP contribution in [0.25, 0.3) is 11.3 Å². The smallest absolute Gasteiger partial charge is 0.370 e. The zero-order valence-corrected chi connectivity index (χ0v) is 18.2. The molecule has 1 aliphatic heterocycles. The molecule has 3 aromatic rings. The summed E-state index contributed by atoms with van der Waals surface area (Å²) in [6, 6.07) is 9.23. The highest BCUT2D eigenvalue weighted by atomic mass is 32.2. The Labute approximate surface area is 188 Å². The molecule has 0 amide bonds. The Morgan fingerprint density at radius 1 is 0.848 bits per heavy atom. The number of hydrogen-bond donors (Lipinski definition) is 3. The van der Waals surface area contributed by atoms with Crippen molar-refractivity contribution in [3.63, 3.8) is 0 Å². The van der Waals surface area contributed by atoms with Gasteiger partial charge in [-0.15, -0.1) is 0 Å². The maximum Gasteiger partial charge on any atom is 0.418 e. The Bertz CT molecular complexity index is 1250. The van der Waals surface area contributed by atoms with Crippen LogP contribution in [0, 0.1) is 0 Å². The van der Waals surface area contributed by atoms with E-state index in [2.05, 4.69) is 30.3 Å². The minimum Gasteiger partial charge on any atom is -0.370 e. The Morgan fingerprint density at radius 2 is 1.64 bits per heavy atom. The number of sulfonamides is 1. The monoisotopic (exact) mass is 478 g/mol. The van der Waals surface area contributed by atoms with Crippen molar-refractivity contribution in [3.05, 3.63) is 54.2 Å². The topological polar surface area (TPSA) is 109 Å². The van der Waals surface area contributed by atoms with Gasteiger partial charge in [-0.3, -0.25) is 4.72 Å². The maximum absolute atomic E-state index is 13.8. The summed E-state index contributed by atoms with van der Waals surface area (Å²) in [5.74, 6) is 0.363. The van der Waals surface area contributed by atoms with Crippen LogP contribution in [0.2, 0.25) is 0 Å². The van der Waals surface area contributed by atoms with Crippen LogP contribution in [0.1, 0.15) is 24.8 Å². The normalized spacial score (nSPS) is 16.3. The number of alkyl halides is 3. The van der Waals surface area contributed by atoms with Gasteiger partial charge in [0.2, 0.25) is 0 Å². The molecule has 0 aliphatic carbocycles.